The lowest BCUT2D eigenvalue weighted by atomic mass is 9.99. The Bertz CT molecular complexity index is 337. The lowest BCUT2D eigenvalue weighted by Gasteiger charge is -2.07. The van der Waals surface area contributed by atoms with Crippen LogP contribution in [0.3, 0.4) is 0 Å². The Morgan fingerprint density at radius 3 is 2.50 bits per heavy atom. The molecule has 0 saturated heterocycles. The molecule has 0 N–H and O–H groups in total. The summed E-state index contributed by atoms with van der Waals surface area (Å²) in [6, 6.07) is 8.20. The lowest BCUT2D eigenvalue weighted by Crippen LogP contribution is -1.92. The molecule has 0 spiro atoms. The summed E-state index contributed by atoms with van der Waals surface area (Å²) in [5.74, 6) is 1.71. The van der Waals surface area contributed by atoms with Gasteiger partial charge in [0.1, 0.15) is 5.75 Å². The minimum absolute atomic E-state index is 0.797. The van der Waals surface area contributed by atoms with Gasteiger partial charge in [-0.3, -0.25) is 0 Å². The molecular weight excluding hydrogens is 220 g/mol. The first kappa shape index (κ1) is 14.8. The van der Waals surface area contributed by atoms with E-state index in [9.17, 15) is 0 Å². The Labute approximate surface area is 112 Å². The zero-order valence-electron chi connectivity index (χ0n) is 12.0. The van der Waals surface area contributed by atoms with Crippen molar-refractivity contribution in [3.05, 3.63) is 35.9 Å². The van der Waals surface area contributed by atoms with Crippen LogP contribution in [0, 0.1) is 5.92 Å². The van der Waals surface area contributed by atoms with Crippen LogP contribution in [0.4, 0.5) is 0 Å². The number of unbranched alkanes of at least 4 members (excludes halogenated alkanes) is 2. The molecule has 0 heterocycles. The van der Waals surface area contributed by atoms with Crippen LogP contribution in [-0.2, 0) is 0 Å². The van der Waals surface area contributed by atoms with Crippen molar-refractivity contribution in [2.24, 2.45) is 5.92 Å². The van der Waals surface area contributed by atoms with Crippen LogP contribution in [0.2, 0.25) is 0 Å². The average Bonchev–Trinajstić information content (AvgIpc) is 2.40. The predicted molar refractivity (Wildman–Crippen MR) is 80.0 cm³/mol. The van der Waals surface area contributed by atoms with Crippen molar-refractivity contribution in [2.75, 3.05) is 7.11 Å². The molecule has 0 aliphatic carbocycles. The summed E-state index contributed by atoms with van der Waals surface area (Å²) in [6.45, 7) is 4.60. The third-order valence-electron chi connectivity index (χ3n) is 3.27. The highest BCUT2D eigenvalue weighted by Crippen LogP contribution is 2.16. The van der Waals surface area contributed by atoms with Gasteiger partial charge in [-0.15, -0.1) is 0 Å². The summed E-state index contributed by atoms with van der Waals surface area (Å²) < 4.78 is 5.14. The standard InChI is InChI=1S/C17H26O/c1-4-5-6-8-15(2)9-7-10-16-11-13-17(18-3)14-12-16/h7,10-15H,4-6,8-9H2,1-3H3/b10-7+. The monoisotopic (exact) mass is 246 g/mol. The van der Waals surface area contributed by atoms with Crippen LogP contribution in [0.1, 0.15) is 51.5 Å². The molecule has 18 heavy (non-hydrogen) atoms. The summed E-state index contributed by atoms with van der Waals surface area (Å²) in [7, 11) is 1.70. The smallest absolute Gasteiger partial charge is 0.118 e. The first-order valence-electron chi connectivity index (χ1n) is 7.06. The van der Waals surface area contributed by atoms with E-state index in [1.807, 2.05) is 12.1 Å². The Hall–Kier alpha value is -1.24. The topological polar surface area (TPSA) is 9.23 Å². The van der Waals surface area contributed by atoms with Crippen molar-refractivity contribution < 1.29 is 4.74 Å². The zero-order valence-corrected chi connectivity index (χ0v) is 12.0. The number of methoxy groups -OCH3 is 1. The van der Waals surface area contributed by atoms with E-state index in [2.05, 4.69) is 38.1 Å². The molecule has 0 aliphatic heterocycles. The molecule has 1 aromatic rings. The highest BCUT2D eigenvalue weighted by atomic mass is 16.5. The summed E-state index contributed by atoms with van der Waals surface area (Å²) in [5, 5.41) is 0. The Kier molecular flexibility index (Phi) is 7.24. The van der Waals surface area contributed by atoms with E-state index < -0.39 is 0 Å². The first-order valence-corrected chi connectivity index (χ1v) is 7.06. The van der Waals surface area contributed by atoms with Gasteiger partial charge in [-0.1, -0.05) is 63.8 Å². The van der Waals surface area contributed by atoms with Gasteiger partial charge in [0.2, 0.25) is 0 Å². The van der Waals surface area contributed by atoms with Gasteiger partial charge >= 0.3 is 0 Å². The minimum Gasteiger partial charge on any atom is -0.497 e. The number of hydrogen-bond donors (Lipinski definition) is 0. The van der Waals surface area contributed by atoms with Gasteiger partial charge in [0, 0.05) is 0 Å². The predicted octanol–water partition coefficient (Wildman–Crippen LogP) is 5.31. The van der Waals surface area contributed by atoms with Crippen molar-refractivity contribution in [2.45, 2.75) is 46.0 Å². The quantitative estimate of drug-likeness (QED) is 0.564. The fourth-order valence-corrected chi connectivity index (χ4v) is 2.01. The Morgan fingerprint density at radius 2 is 1.89 bits per heavy atom. The largest absolute Gasteiger partial charge is 0.497 e. The van der Waals surface area contributed by atoms with Crippen LogP contribution < -0.4 is 4.74 Å². The molecule has 0 aliphatic rings. The molecule has 0 fully saturated rings. The molecule has 0 radical (unpaired) electrons. The minimum atomic E-state index is 0.797. The van der Waals surface area contributed by atoms with Gasteiger partial charge < -0.3 is 4.74 Å². The zero-order chi connectivity index (χ0) is 13.2. The molecule has 0 saturated carbocycles. The van der Waals surface area contributed by atoms with Gasteiger partial charge in [-0.05, 0) is 30.0 Å². The molecule has 1 nitrogen and oxygen atoms in total. The van der Waals surface area contributed by atoms with Crippen molar-refractivity contribution >= 4 is 6.08 Å². The second-order valence-corrected chi connectivity index (χ2v) is 5.01. The number of benzene rings is 1. The third kappa shape index (κ3) is 5.90. The Morgan fingerprint density at radius 1 is 1.17 bits per heavy atom. The molecular formula is C17H26O. The van der Waals surface area contributed by atoms with Crippen LogP contribution in [0.25, 0.3) is 6.08 Å². The molecule has 1 aromatic carbocycles. The number of ether oxygens (including phenoxy) is 1. The Balaban J connectivity index is 2.30. The normalized spacial score (nSPS) is 12.8. The molecule has 0 amide bonds. The summed E-state index contributed by atoms with van der Waals surface area (Å²) in [6.07, 6.45) is 11.1. The molecule has 100 valence electrons. The van der Waals surface area contributed by atoms with E-state index in [0.717, 1.165) is 11.7 Å². The number of hydrogen-bond acceptors (Lipinski definition) is 1. The summed E-state index contributed by atoms with van der Waals surface area (Å²) in [5.41, 5.74) is 1.25. The highest BCUT2D eigenvalue weighted by Gasteiger charge is 1.98. The molecule has 0 bridgehead atoms. The maximum Gasteiger partial charge on any atom is 0.118 e. The second kappa shape index (κ2) is 8.79. The maximum absolute atomic E-state index is 5.14. The van der Waals surface area contributed by atoms with Crippen LogP contribution in [0.15, 0.2) is 30.3 Å². The molecule has 1 heteroatoms. The van der Waals surface area contributed by atoms with Gasteiger partial charge in [0.25, 0.3) is 0 Å². The maximum atomic E-state index is 5.14. The molecule has 1 rings (SSSR count). The van der Waals surface area contributed by atoms with E-state index in [1.165, 1.54) is 37.7 Å². The van der Waals surface area contributed by atoms with Gasteiger partial charge in [-0.2, -0.15) is 0 Å². The molecule has 1 atom stereocenters. The van der Waals surface area contributed by atoms with Crippen LogP contribution in [0.5, 0.6) is 5.75 Å². The van der Waals surface area contributed by atoms with Gasteiger partial charge in [-0.25, -0.2) is 0 Å². The van der Waals surface area contributed by atoms with Crippen molar-refractivity contribution in [3.8, 4) is 5.75 Å². The van der Waals surface area contributed by atoms with E-state index in [4.69, 9.17) is 4.74 Å². The SMILES string of the molecule is CCCCCC(C)C/C=C/c1ccc(OC)cc1. The van der Waals surface area contributed by atoms with Crippen molar-refractivity contribution in [1.82, 2.24) is 0 Å². The fraction of sp³-hybridized carbons (Fsp3) is 0.529. The fourth-order valence-electron chi connectivity index (χ4n) is 2.01. The first-order chi connectivity index (χ1) is 8.76. The lowest BCUT2D eigenvalue weighted by molar-refractivity contribution is 0.415. The highest BCUT2D eigenvalue weighted by molar-refractivity contribution is 5.50. The number of rotatable bonds is 8. The van der Waals surface area contributed by atoms with E-state index in [0.29, 0.717) is 0 Å². The third-order valence-corrected chi connectivity index (χ3v) is 3.27. The number of allylic oxidation sites excluding steroid dienone is 1. The van der Waals surface area contributed by atoms with Gasteiger partial charge in [0.05, 0.1) is 7.11 Å². The molecule has 0 aromatic heterocycles. The van der Waals surface area contributed by atoms with Crippen LogP contribution in [-0.4, -0.2) is 7.11 Å². The van der Waals surface area contributed by atoms with Crippen LogP contribution >= 0.6 is 0 Å². The average molecular weight is 246 g/mol. The van der Waals surface area contributed by atoms with Crippen molar-refractivity contribution in [3.63, 3.8) is 0 Å². The summed E-state index contributed by atoms with van der Waals surface area (Å²) in [4.78, 5) is 0. The van der Waals surface area contributed by atoms with E-state index in [1.54, 1.807) is 7.11 Å². The van der Waals surface area contributed by atoms with E-state index in [-0.39, 0.29) is 0 Å². The van der Waals surface area contributed by atoms with Gasteiger partial charge in [0.15, 0.2) is 0 Å². The van der Waals surface area contributed by atoms with Crippen molar-refractivity contribution in [1.29, 1.82) is 0 Å². The summed E-state index contributed by atoms with van der Waals surface area (Å²) >= 11 is 0. The van der Waals surface area contributed by atoms with E-state index >= 15 is 0 Å². The second-order valence-electron chi connectivity index (χ2n) is 5.01. The molecule has 1 unspecified atom stereocenters.